The highest BCUT2D eigenvalue weighted by Gasteiger charge is 2.46. The average Bonchev–Trinajstić information content (AvgIpc) is 2.85. The number of carbonyl (C=O) groups is 2. The van der Waals surface area contributed by atoms with Gasteiger partial charge in [0.1, 0.15) is 0 Å². The van der Waals surface area contributed by atoms with Gasteiger partial charge < -0.3 is 4.74 Å². The number of thioether (sulfide) groups is 1. The van der Waals surface area contributed by atoms with E-state index in [1.807, 2.05) is 32.9 Å². The number of allylic oxidation sites excluding steroid dienone is 1. The highest BCUT2D eigenvalue weighted by Crippen LogP contribution is 2.43. The van der Waals surface area contributed by atoms with Gasteiger partial charge in [0.2, 0.25) is 5.91 Å². The molecule has 138 valence electrons. The van der Waals surface area contributed by atoms with E-state index in [9.17, 15) is 9.59 Å². The molecule has 26 heavy (non-hydrogen) atoms. The van der Waals surface area contributed by atoms with Crippen molar-refractivity contribution in [1.82, 2.24) is 4.90 Å². The number of aliphatic imine (C=N–C) groups is 1. The predicted molar refractivity (Wildman–Crippen MR) is 104 cm³/mol. The number of nitrogens with zero attached hydrogens (tertiary/aromatic N) is 2. The number of fused-ring (bicyclic) bond motifs is 1. The minimum Gasteiger partial charge on any atom is -0.462 e. The van der Waals surface area contributed by atoms with Crippen LogP contribution in [0.5, 0.6) is 0 Å². The Kier molecular flexibility index (Phi) is 5.44. The number of hydrogen-bond donors (Lipinski definition) is 0. The summed E-state index contributed by atoms with van der Waals surface area (Å²) in [6.45, 7) is 7.88. The topological polar surface area (TPSA) is 59.0 Å². The fraction of sp³-hybridized carbons (Fsp3) is 0.421. The van der Waals surface area contributed by atoms with E-state index >= 15 is 0 Å². The summed E-state index contributed by atoms with van der Waals surface area (Å²) in [6.07, 6.45) is 0. The molecule has 1 aromatic rings. The summed E-state index contributed by atoms with van der Waals surface area (Å²) in [7, 11) is 0. The van der Waals surface area contributed by atoms with Crippen LogP contribution in [0.15, 0.2) is 40.5 Å². The molecule has 0 spiro atoms. The van der Waals surface area contributed by atoms with Crippen LogP contribution >= 0.6 is 23.4 Å². The molecule has 7 heteroatoms. The van der Waals surface area contributed by atoms with Crippen molar-refractivity contribution in [3.8, 4) is 0 Å². The van der Waals surface area contributed by atoms with E-state index in [0.717, 1.165) is 5.56 Å². The monoisotopic (exact) mass is 392 g/mol. The lowest BCUT2D eigenvalue weighted by molar-refractivity contribution is -0.141. The number of carbonyl (C=O) groups excluding carboxylic acids is 2. The first-order chi connectivity index (χ1) is 12.3. The molecular formula is C19H21ClN2O3S. The van der Waals surface area contributed by atoms with Gasteiger partial charge in [0.05, 0.1) is 29.2 Å². The maximum atomic E-state index is 12.8. The van der Waals surface area contributed by atoms with Crippen molar-refractivity contribution in [2.45, 2.75) is 39.0 Å². The van der Waals surface area contributed by atoms with Gasteiger partial charge in [0.25, 0.3) is 0 Å². The first-order valence-electron chi connectivity index (χ1n) is 8.51. The molecule has 3 rings (SSSR count). The molecule has 2 aliphatic heterocycles. The third-order valence-corrected chi connectivity index (χ3v) is 5.48. The summed E-state index contributed by atoms with van der Waals surface area (Å²) in [5.74, 6) is -0.294. The standard InChI is InChI=1S/C19H21ClN2O3S/c1-10(2)9-25-18(24)15-11(3)21-19-22(17(23)12(4)26-19)16(15)13-6-5-7-14(20)8-13/h5-8,10,12,16H,9H2,1-4H3/t12-,16+/m0/s1. The summed E-state index contributed by atoms with van der Waals surface area (Å²) >= 11 is 7.57. The van der Waals surface area contributed by atoms with E-state index in [4.69, 9.17) is 16.3 Å². The normalized spacial score (nSPS) is 22.6. The lowest BCUT2D eigenvalue weighted by Gasteiger charge is -2.33. The second-order valence-electron chi connectivity index (χ2n) is 6.81. The van der Waals surface area contributed by atoms with Gasteiger partial charge in [-0.2, -0.15) is 0 Å². The van der Waals surface area contributed by atoms with Crippen molar-refractivity contribution < 1.29 is 14.3 Å². The van der Waals surface area contributed by atoms with Crippen molar-refractivity contribution in [1.29, 1.82) is 0 Å². The van der Waals surface area contributed by atoms with Crippen LogP contribution < -0.4 is 0 Å². The van der Waals surface area contributed by atoms with Crippen LogP contribution in [0, 0.1) is 5.92 Å². The number of halogens is 1. The van der Waals surface area contributed by atoms with E-state index in [0.29, 0.717) is 28.1 Å². The van der Waals surface area contributed by atoms with Crippen LogP contribution in [-0.4, -0.2) is 33.8 Å². The van der Waals surface area contributed by atoms with Crippen LogP contribution in [0.25, 0.3) is 0 Å². The van der Waals surface area contributed by atoms with Gasteiger partial charge >= 0.3 is 5.97 Å². The van der Waals surface area contributed by atoms with E-state index in [2.05, 4.69) is 4.99 Å². The Morgan fingerprint density at radius 1 is 1.42 bits per heavy atom. The zero-order valence-corrected chi connectivity index (χ0v) is 16.7. The summed E-state index contributed by atoms with van der Waals surface area (Å²) in [5.41, 5.74) is 1.73. The number of ether oxygens (including phenoxy) is 1. The molecule has 0 aliphatic carbocycles. The first-order valence-corrected chi connectivity index (χ1v) is 9.77. The van der Waals surface area contributed by atoms with Crippen molar-refractivity contribution in [2.75, 3.05) is 6.61 Å². The molecule has 2 atom stereocenters. The van der Waals surface area contributed by atoms with E-state index < -0.39 is 12.0 Å². The maximum absolute atomic E-state index is 12.8. The Morgan fingerprint density at radius 3 is 2.81 bits per heavy atom. The molecule has 2 heterocycles. The summed E-state index contributed by atoms with van der Waals surface area (Å²) in [4.78, 5) is 31.7. The SMILES string of the molecule is CC1=C(C(=O)OCC(C)C)[C@@H](c2cccc(Cl)c2)N2C(=O)[C@H](C)SC2=N1. The molecule has 0 unspecified atom stereocenters. The third kappa shape index (κ3) is 3.53. The fourth-order valence-electron chi connectivity index (χ4n) is 2.98. The minimum atomic E-state index is -0.578. The van der Waals surface area contributed by atoms with E-state index in [1.54, 1.807) is 24.0 Å². The van der Waals surface area contributed by atoms with Gasteiger partial charge in [0.15, 0.2) is 5.17 Å². The first kappa shape index (κ1) is 19.0. The van der Waals surface area contributed by atoms with Crippen molar-refractivity contribution in [3.05, 3.63) is 46.1 Å². The quantitative estimate of drug-likeness (QED) is 0.721. The van der Waals surface area contributed by atoms with E-state index in [-0.39, 0.29) is 17.1 Å². The zero-order chi connectivity index (χ0) is 19.0. The molecule has 0 aromatic heterocycles. The summed E-state index contributed by atoms with van der Waals surface area (Å²) < 4.78 is 5.46. The van der Waals surface area contributed by atoms with Gasteiger partial charge in [-0.05, 0) is 37.5 Å². The molecule has 2 aliphatic rings. The second kappa shape index (κ2) is 7.45. The molecule has 0 saturated carbocycles. The fourth-order valence-corrected chi connectivity index (χ4v) is 4.20. The molecule has 0 radical (unpaired) electrons. The Bertz CT molecular complexity index is 819. The summed E-state index contributed by atoms with van der Waals surface area (Å²) in [6, 6.07) is 6.64. The molecular weight excluding hydrogens is 372 g/mol. The van der Waals surface area contributed by atoms with Gasteiger partial charge in [-0.15, -0.1) is 0 Å². The molecule has 0 bridgehead atoms. The maximum Gasteiger partial charge on any atom is 0.338 e. The third-order valence-electron chi connectivity index (χ3n) is 4.19. The van der Waals surface area contributed by atoms with Crippen molar-refractivity contribution in [2.24, 2.45) is 10.9 Å². The lowest BCUT2D eigenvalue weighted by Crippen LogP contribution is -2.40. The molecule has 0 N–H and O–H groups in total. The molecule has 1 saturated heterocycles. The number of hydrogen-bond acceptors (Lipinski definition) is 5. The van der Waals surface area contributed by atoms with Crippen molar-refractivity contribution >= 4 is 40.4 Å². The van der Waals surface area contributed by atoms with Gasteiger partial charge in [-0.1, -0.05) is 49.3 Å². The minimum absolute atomic E-state index is 0.0691. The molecule has 1 aromatic carbocycles. The number of benzene rings is 1. The van der Waals surface area contributed by atoms with Gasteiger partial charge in [-0.25, -0.2) is 9.79 Å². The van der Waals surface area contributed by atoms with Gasteiger partial charge in [-0.3, -0.25) is 9.69 Å². The Balaban J connectivity index is 2.08. The highest BCUT2D eigenvalue weighted by atomic mass is 35.5. The average molecular weight is 393 g/mol. The Hall–Kier alpha value is -1.79. The van der Waals surface area contributed by atoms with Crippen LogP contribution in [-0.2, 0) is 14.3 Å². The lowest BCUT2D eigenvalue weighted by atomic mass is 9.94. The zero-order valence-electron chi connectivity index (χ0n) is 15.2. The van der Waals surface area contributed by atoms with Crippen LogP contribution in [0.1, 0.15) is 39.3 Å². The van der Waals surface area contributed by atoms with Gasteiger partial charge in [0, 0.05) is 5.02 Å². The Labute approximate surface area is 162 Å². The molecule has 1 fully saturated rings. The highest BCUT2D eigenvalue weighted by molar-refractivity contribution is 8.15. The van der Waals surface area contributed by atoms with Crippen LogP contribution in [0.4, 0.5) is 0 Å². The molecule has 5 nitrogen and oxygen atoms in total. The largest absolute Gasteiger partial charge is 0.462 e. The predicted octanol–water partition coefficient (Wildman–Crippen LogP) is 4.19. The van der Waals surface area contributed by atoms with Crippen LogP contribution in [0.2, 0.25) is 5.02 Å². The number of amides is 1. The number of rotatable bonds is 4. The molecule has 1 amide bonds. The van der Waals surface area contributed by atoms with Crippen molar-refractivity contribution in [3.63, 3.8) is 0 Å². The van der Waals surface area contributed by atoms with E-state index in [1.165, 1.54) is 11.8 Å². The van der Waals surface area contributed by atoms with Crippen LogP contribution in [0.3, 0.4) is 0 Å². The summed E-state index contributed by atoms with van der Waals surface area (Å²) in [5, 5.41) is 0.922. The number of esters is 1. The number of amidine groups is 1. The second-order valence-corrected chi connectivity index (χ2v) is 8.56. The smallest absolute Gasteiger partial charge is 0.338 e. The Morgan fingerprint density at radius 2 is 2.15 bits per heavy atom.